The lowest BCUT2D eigenvalue weighted by Gasteiger charge is -2.30. The Morgan fingerprint density at radius 3 is 2.00 bits per heavy atom. The zero-order valence-electron chi connectivity index (χ0n) is 13.9. The molecule has 1 rings (SSSR count). The van der Waals surface area contributed by atoms with E-state index in [4.69, 9.17) is 5.73 Å². The van der Waals surface area contributed by atoms with Crippen molar-refractivity contribution < 1.29 is 0 Å². The molecule has 2 nitrogen and oxygen atoms in total. The molecule has 0 bridgehead atoms. The van der Waals surface area contributed by atoms with Crippen LogP contribution >= 0.6 is 0 Å². The van der Waals surface area contributed by atoms with Crippen LogP contribution in [0.1, 0.15) is 51.7 Å². The molecule has 0 spiro atoms. The molecule has 0 amide bonds. The average Bonchev–Trinajstić information content (AvgIpc) is 2.39. The SMILES string of the molecule is Cc1cccc(CN)c1N(CCC(C)C)CCC(C)C. The summed E-state index contributed by atoms with van der Waals surface area (Å²) in [6.45, 7) is 14.3. The van der Waals surface area contributed by atoms with Crippen molar-refractivity contribution in [1.82, 2.24) is 0 Å². The Balaban J connectivity index is 2.96. The maximum atomic E-state index is 5.94. The lowest BCUT2D eigenvalue weighted by Crippen LogP contribution is -2.29. The van der Waals surface area contributed by atoms with Crippen molar-refractivity contribution in [2.45, 2.75) is 54.0 Å². The minimum atomic E-state index is 0.622. The minimum absolute atomic E-state index is 0.622. The van der Waals surface area contributed by atoms with Crippen LogP contribution in [0.2, 0.25) is 0 Å². The molecule has 2 N–H and O–H groups in total. The number of anilines is 1. The van der Waals surface area contributed by atoms with Gasteiger partial charge in [0.05, 0.1) is 0 Å². The third-order valence-electron chi connectivity index (χ3n) is 3.81. The van der Waals surface area contributed by atoms with Gasteiger partial charge in [-0.05, 0) is 42.7 Å². The van der Waals surface area contributed by atoms with Crippen LogP contribution in [0, 0.1) is 18.8 Å². The molecular weight excluding hydrogens is 244 g/mol. The van der Waals surface area contributed by atoms with E-state index in [-0.39, 0.29) is 0 Å². The van der Waals surface area contributed by atoms with Gasteiger partial charge in [0.1, 0.15) is 0 Å². The first-order chi connectivity index (χ1) is 9.45. The van der Waals surface area contributed by atoms with Gasteiger partial charge in [0.25, 0.3) is 0 Å². The molecule has 0 unspecified atom stereocenters. The fourth-order valence-corrected chi connectivity index (χ4v) is 2.50. The van der Waals surface area contributed by atoms with E-state index in [1.165, 1.54) is 29.7 Å². The monoisotopic (exact) mass is 276 g/mol. The van der Waals surface area contributed by atoms with Crippen molar-refractivity contribution >= 4 is 5.69 Å². The predicted octanol–water partition coefficient (Wildman–Crippen LogP) is 4.35. The van der Waals surface area contributed by atoms with E-state index in [1.807, 2.05) is 0 Å². The summed E-state index contributed by atoms with van der Waals surface area (Å²) in [7, 11) is 0. The highest BCUT2D eigenvalue weighted by Crippen LogP contribution is 2.26. The summed E-state index contributed by atoms with van der Waals surface area (Å²) in [5, 5.41) is 0. The first-order valence-electron chi connectivity index (χ1n) is 7.99. The maximum Gasteiger partial charge on any atom is 0.0441 e. The quantitative estimate of drug-likeness (QED) is 0.764. The van der Waals surface area contributed by atoms with Crippen molar-refractivity contribution in [1.29, 1.82) is 0 Å². The van der Waals surface area contributed by atoms with Gasteiger partial charge in [-0.15, -0.1) is 0 Å². The van der Waals surface area contributed by atoms with Gasteiger partial charge in [0, 0.05) is 25.3 Å². The summed E-state index contributed by atoms with van der Waals surface area (Å²) in [6.07, 6.45) is 2.47. The van der Waals surface area contributed by atoms with Crippen LogP contribution in [0.5, 0.6) is 0 Å². The second-order valence-electron chi connectivity index (χ2n) is 6.64. The molecule has 0 aromatic heterocycles. The lowest BCUT2D eigenvalue weighted by molar-refractivity contribution is 0.534. The van der Waals surface area contributed by atoms with Gasteiger partial charge in [-0.1, -0.05) is 45.9 Å². The van der Waals surface area contributed by atoms with Crippen molar-refractivity contribution in [2.24, 2.45) is 17.6 Å². The average molecular weight is 276 g/mol. The molecule has 114 valence electrons. The Morgan fingerprint density at radius 2 is 1.55 bits per heavy atom. The molecule has 1 aromatic carbocycles. The largest absolute Gasteiger partial charge is 0.371 e. The molecule has 0 aliphatic heterocycles. The number of benzene rings is 1. The number of para-hydroxylation sites is 1. The van der Waals surface area contributed by atoms with Gasteiger partial charge in [-0.2, -0.15) is 0 Å². The number of hydrogen-bond donors (Lipinski definition) is 1. The first-order valence-corrected chi connectivity index (χ1v) is 7.99. The number of hydrogen-bond acceptors (Lipinski definition) is 2. The molecule has 0 saturated heterocycles. The maximum absolute atomic E-state index is 5.94. The van der Waals surface area contributed by atoms with Crippen LogP contribution in [-0.2, 0) is 6.54 Å². The van der Waals surface area contributed by atoms with Gasteiger partial charge in [-0.25, -0.2) is 0 Å². The zero-order valence-corrected chi connectivity index (χ0v) is 13.9. The Hall–Kier alpha value is -1.02. The molecule has 1 aromatic rings. The van der Waals surface area contributed by atoms with Crippen LogP contribution in [-0.4, -0.2) is 13.1 Å². The van der Waals surface area contributed by atoms with Crippen molar-refractivity contribution in [3.63, 3.8) is 0 Å². The molecule has 0 fully saturated rings. The second-order valence-corrected chi connectivity index (χ2v) is 6.64. The van der Waals surface area contributed by atoms with Gasteiger partial charge in [0.15, 0.2) is 0 Å². The molecule has 0 aliphatic carbocycles. The summed E-state index contributed by atoms with van der Waals surface area (Å²) in [5.74, 6) is 1.48. The molecule has 0 aliphatic rings. The van der Waals surface area contributed by atoms with Gasteiger partial charge in [0.2, 0.25) is 0 Å². The molecule has 0 heterocycles. The normalized spacial score (nSPS) is 11.4. The van der Waals surface area contributed by atoms with E-state index >= 15 is 0 Å². The van der Waals surface area contributed by atoms with Gasteiger partial charge in [-0.3, -0.25) is 0 Å². The fourth-order valence-electron chi connectivity index (χ4n) is 2.50. The highest BCUT2D eigenvalue weighted by Gasteiger charge is 2.14. The van der Waals surface area contributed by atoms with Crippen molar-refractivity contribution in [2.75, 3.05) is 18.0 Å². The van der Waals surface area contributed by atoms with Crippen molar-refractivity contribution in [3.8, 4) is 0 Å². The van der Waals surface area contributed by atoms with Crippen LogP contribution in [0.25, 0.3) is 0 Å². The van der Waals surface area contributed by atoms with E-state index in [2.05, 4.69) is 57.7 Å². The molecular formula is C18H32N2. The Kier molecular flexibility index (Phi) is 7.08. The van der Waals surface area contributed by atoms with E-state index in [0.29, 0.717) is 6.54 Å². The van der Waals surface area contributed by atoms with Gasteiger partial charge >= 0.3 is 0 Å². The standard InChI is InChI=1S/C18H32N2/c1-14(2)9-11-20(12-10-15(3)4)18-16(5)7-6-8-17(18)13-19/h6-8,14-15H,9-13,19H2,1-5H3. The van der Waals surface area contributed by atoms with Crippen molar-refractivity contribution in [3.05, 3.63) is 29.3 Å². The van der Waals surface area contributed by atoms with E-state index in [9.17, 15) is 0 Å². The fraction of sp³-hybridized carbons (Fsp3) is 0.667. The summed E-state index contributed by atoms with van der Waals surface area (Å²) >= 11 is 0. The molecule has 2 heteroatoms. The number of nitrogens with zero attached hydrogens (tertiary/aromatic N) is 1. The van der Waals surface area contributed by atoms with Crippen LogP contribution in [0.3, 0.4) is 0 Å². The van der Waals surface area contributed by atoms with Crippen LogP contribution in [0.4, 0.5) is 5.69 Å². The highest BCUT2D eigenvalue weighted by atomic mass is 15.1. The molecule has 0 saturated carbocycles. The molecule has 20 heavy (non-hydrogen) atoms. The minimum Gasteiger partial charge on any atom is -0.371 e. The van der Waals surface area contributed by atoms with Crippen LogP contribution < -0.4 is 10.6 Å². The predicted molar refractivity (Wildman–Crippen MR) is 90.2 cm³/mol. The smallest absolute Gasteiger partial charge is 0.0441 e. The highest BCUT2D eigenvalue weighted by molar-refractivity contribution is 5.59. The molecule has 0 radical (unpaired) electrons. The third-order valence-corrected chi connectivity index (χ3v) is 3.81. The third kappa shape index (κ3) is 5.16. The number of nitrogens with two attached hydrogens (primary N) is 1. The van der Waals surface area contributed by atoms with E-state index < -0.39 is 0 Å². The summed E-state index contributed by atoms with van der Waals surface area (Å²) < 4.78 is 0. The topological polar surface area (TPSA) is 29.3 Å². The van der Waals surface area contributed by atoms with Gasteiger partial charge < -0.3 is 10.6 Å². The Bertz CT molecular complexity index is 384. The summed E-state index contributed by atoms with van der Waals surface area (Å²) in [4.78, 5) is 2.55. The summed E-state index contributed by atoms with van der Waals surface area (Å²) in [5.41, 5.74) is 9.94. The number of rotatable bonds is 8. The molecule has 0 atom stereocenters. The van der Waals surface area contributed by atoms with E-state index in [0.717, 1.165) is 24.9 Å². The number of aryl methyl sites for hydroxylation is 1. The first kappa shape index (κ1) is 17.0. The van der Waals surface area contributed by atoms with E-state index in [1.54, 1.807) is 0 Å². The Labute approximate surface area is 125 Å². The van der Waals surface area contributed by atoms with Crippen LogP contribution in [0.15, 0.2) is 18.2 Å². The zero-order chi connectivity index (χ0) is 15.1. The Morgan fingerprint density at radius 1 is 1.00 bits per heavy atom. The second kappa shape index (κ2) is 8.31. The summed E-state index contributed by atoms with van der Waals surface area (Å²) in [6, 6.07) is 6.48. The lowest BCUT2D eigenvalue weighted by atomic mass is 10.0.